The number of nitrogens with one attached hydrogen (secondary N) is 1. The summed E-state index contributed by atoms with van der Waals surface area (Å²) in [5.41, 5.74) is 7.85. The van der Waals surface area contributed by atoms with Gasteiger partial charge in [-0.15, -0.1) is 0 Å². The molecule has 1 saturated heterocycles. The maximum atomic E-state index is 5.34. The fourth-order valence-corrected chi connectivity index (χ4v) is 2.15. The van der Waals surface area contributed by atoms with E-state index in [-0.39, 0.29) is 0 Å². The predicted octanol–water partition coefficient (Wildman–Crippen LogP) is 1.46. The van der Waals surface area contributed by atoms with Crippen LogP contribution in [0.2, 0.25) is 0 Å². The molecular weight excluding hydrogens is 196 g/mol. The van der Waals surface area contributed by atoms with Gasteiger partial charge in [-0.3, -0.25) is 0 Å². The van der Waals surface area contributed by atoms with Crippen LogP contribution < -0.4 is 11.1 Å². The van der Waals surface area contributed by atoms with Gasteiger partial charge in [0.25, 0.3) is 0 Å². The molecule has 0 amide bonds. The van der Waals surface area contributed by atoms with E-state index in [0.29, 0.717) is 6.54 Å². The number of piperidine rings is 1. The third-order valence-corrected chi connectivity index (χ3v) is 3.06. The van der Waals surface area contributed by atoms with Crippen molar-refractivity contribution >= 4 is 0 Å². The molecule has 0 spiro atoms. The summed E-state index contributed by atoms with van der Waals surface area (Å²) in [7, 11) is 0. The Hall–Kier alpha value is -1.30. The molecule has 1 aromatic rings. The second-order valence-electron chi connectivity index (χ2n) is 4.15. The lowest BCUT2D eigenvalue weighted by Crippen LogP contribution is -2.26. The Bertz CT molecular complexity index is 377. The minimum Gasteiger partial charge on any atom is -0.320 e. The van der Waals surface area contributed by atoms with Crippen LogP contribution in [-0.4, -0.2) is 19.6 Å². The van der Waals surface area contributed by atoms with Crippen molar-refractivity contribution in [2.45, 2.75) is 18.8 Å². The maximum Gasteiger partial charge on any atom is 0.0555 e. The molecule has 1 fully saturated rings. The van der Waals surface area contributed by atoms with Crippen LogP contribution in [0.5, 0.6) is 0 Å². The molecule has 1 aromatic carbocycles. The van der Waals surface area contributed by atoms with Crippen molar-refractivity contribution in [3.8, 4) is 11.8 Å². The Morgan fingerprint density at radius 2 is 1.88 bits per heavy atom. The van der Waals surface area contributed by atoms with E-state index in [4.69, 9.17) is 5.73 Å². The van der Waals surface area contributed by atoms with Gasteiger partial charge >= 0.3 is 0 Å². The maximum absolute atomic E-state index is 5.34. The number of nitrogens with two attached hydrogens (primary N) is 1. The number of benzene rings is 1. The first kappa shape index (κ1) is 11.2. The zero-order valence-electron chi connectivity index (χ0n) is 9.50. The molecule has 2 rings (SSSR count). The highest BCUT2D eigenvalue weighted by Gasteiger charge is 2.14. The van der Waals surface area contributed by atoms with E-state index in [9.17, 15) is 0 Å². The van der Waals surface area contributed by atoms with Crippen LogP contribution in [0, 0.1) is 11.8 Å². The average Bonchev–Trinajstić information content (AvgIpc) is 2.38. The molecule has 0 atom stereocenters. The van der Waals surface area contributed by atoms with Gasteiger partial charge in [-0.25, -0.2) is 0 Å². The van der Waals surface area contributed by atoms with E-state index in [1.54, 1.807) is 0 Å². The molecule has 16 heavy (non-hydrogen) atoms. The fraction of sp³-hybridized carbons (Fsp3) is 0.429. The Balaban J connectivity index is 2.06. The van der Waals surface area contributed by atoms with Crippen molar-refractivity contribution in [3.05, 3.63) is 35.4 Å². The first-order valence-corrected chi connectivity index (χ1v) is 5.90. The van der Waals surface area contributed by atoms with Gasteiger partial charge in [0.2, 0.25) is 0 Å². The third-order valence-electron chi connectivity index (χ3n) is 3.06. The van der Waals surface area contributed by atoms with Crippen molar-refractivity contribution in [2.75, 3.05) is 19.6 Å². The Morgan fingerprint density at radius 1 is 1.19 bits per heavy atom. The fourth-order valence-electron chi connectivity index (χ4n) is 2.15. The molecular formula is C14H18N2. The third kappa shape index (κ3) is 2.85. The first-order chi connectivity index (χ1) is 7.90. The summed E-state index contributed by atoms with van der Waals surface area (Å²) in [5, 5.41) is 3.39. The largest absolute Gasteiger partial charge is 0.320 e. The summed E-state index contributed by atoms with van der Waals surface area (Å²) >= 11 is 0. The second kappa shape index (κ2) is 5.69. The Kier molecular flexibility index (Phi) is 3.98. The van der Waals surface area contributed by atoms with Crippen molar-refractivity contribution in [1.82, 2.24) is 5.32 Å². The molecule has 0 saturated carbocycles. The second-order valence-corrected chi connectivity index (χ2v) is 4.15. The topological polar surface area (TPSA) is 38.0 Å². The Labute approximate surface area is 97.2 Å². The van der Waals surface area contributed by atoms with Crippen LogP contribution in [-0.2, 0) is 0 Å². The van der Waals surface area contributed by atoms with Gasteiger partial charge in [-0.2, -0.15) is 0 Å². The number of hydrogen-bond acceptors (Lipinski definition) is 2. The van der Waals surface area contributed by atoms with E-state index in [1.807, 2.05) is 0 Å². The summed E-state index contributed by atoms with van der Waals surface area (Å²) in [4.78, 5) is 0. The summed E-state index contributed by atoms with van der Waals surface area (Å²) in [6.07, 6.45) is 2.49. The SMILES string of the molecule is NCC#Cc1ccc(C2CCNCC2)cc1. The number of rotatable bonds is 1. The molecule has 1 aliphatic rings. The normalized spacial score (nSPS) is 16.6. The molecule has 0 aromatic heterocycles. The molecule has 0 unspecified atom stereocenters. The highest BCUT2D eigenvalue weighted by atomic mass is 14.9. The van der Waals surface area contributed by atoms with Gasteiger partial charge in [0.05, 0.1) is 6.54 Å². The minimum atomic E-state index is 0.427. The van der Waals surface area contributed by atoms with Gasteiger partial charge in [-0.05, 0) is 49.5 Å². The van der Waals surface area contributed by atoms with Crippen LogP contribution in [0.1, 0.15) is 29.9 Å². The zero-order valence-corrected chi connectivity index (χ0v) is 9.50. The monoisotopic (exact) mass is 214 g/mol. The molecule has 3 N–H and O–H groups in total. The minimum absolute atomic E-state index is 0.427. The van der Waals surface area contributed by atoms with Crippen LogP contribution in [0.25, 0.3) is 0 Å². The first-order valence-electron chi connectivity index (χ1n) is 5.90. The van der Waals surface area contributed by atoms with Gasteiger partial charge < -0.3 is 11.1 Å². The molecule has 0 aliphatic carbocycles. The Morgan fingerprint density at radius 3 is 2.50 bits per heavy atom. The van der Waals surface area contributed by atoms with E-state index in [1.165, 1.54) is 18.4 Å². The van der Waals surface area contributed by atoms with E-state index in [2.05, 4.69) is 41.4 Å². The van der Waals surface area contributed by atoms with E-state index >= 15 is 0 Å². The van der Waals surface area contributed by atoms with Gasteiger partial charge in [0.15, 0.2) is 0 Å². The standard InChI is InChI=1S/C14H18N2/c15-9-1-2-12-3-5-13(6-4-12)14-7-10-16-11-8-14/h3-6,14,16H,7-11,15H2. The molecule has 2 nitrogen and oxygen atoms in total. The van der Waals surface area contributed by atoms with Crippen LogP contribution in [0.15, 0.2) is 24.3 Å². The number of hydrogen-bond donors (Lipinski definition) is 2. The summed E-state index contributed by atoms with van der Waals surface area (Å²) in [5.74, 6) is 6.64. The summed E-state index contributed by atoms with van der Waals surface area (Å²) in [6, 6.07) is 8.60. The van der Waals surface area contributed by atoms with Crippen molar-refractivity contribution in [3.63, 3.8) is 0 Å². The van der Waals surface area contributed by atoms with Crippen molar-refractivity contribution < 1.29 is 0 Å². The molecule has 0 radical (unpaired) electrons. The predicted molar refractivity (Wildman–Crippen MR) is 67.2 cm³/mol. The van der Waals surface area contributed by atoms with Crippen LogP contribution in [0.3, 0.4) is 0 Å². The van der Waals surface area contributed by atoms with Crippen LogP contribution in [0.4, 0.5) is 0 Å². The summed E-state index contributed by atoms with van der Waals surface area (Å²) < 4.78 is 0. The highest BCUT2D eigenvalue weighted by molar-refractivity contribution is 5.37. The van der Waals surface area contributed by atoms with Gasteiger partial charge in [0.1, 0.15) is 0 Å². The highest BCUT2D eigenvalue weighted by Crippen LogP contribution is 2.24. The molecule has 1 aliphatic heterocycles. The average molecular weight is 214 g/mol. The van der Waals surface area contributed by atoms with E-state index in [0.717, 1.165) is 24.6 Å². The molecule has 0 bridgehead atoms. The molecule has 84 valence electrons. The van der Waals surface area contributed by atoms with Gasteiger partial charge in [-0.1, -0.05) is 24.0 Å². The van der Waals surface area contributed by atoms with Crippen molar-refractivity contribution in [2.24, 2.45) is 5.73 Å². The smallest absolute Gasteiger partial charge is 0.0555 e. The molecule has 1 heterocycles. The lowest BCUT2D eigenvalue weighted by Gasteiger charge is -2.22. The van der Waals surface area contributed by atoms with Crippen molar-refractivity contribution in [1.29, 1.82) is 0 Å². The van der Waals surface area contributed by atoms with E-state index < -0.39 is 0 Å². The van der Waals surface area contributed by atoms with Gasteiger partial charge in [0, 0.05) is 5.56 Å². The zero-order chi connectivity index (χ0) is 11.2. The van der Waals surface area contributed by atoms with Crippen LogP contribution >= 0.6 is 0 Å². The molecule has 2 heteroatoms. The lowest BCUT2D eigenvalue weighted by atomic mass is 9.90. The summed E-state index contributed by atoms with van der Waals surface area (Å²) in [6.45, 7) is 2.70. The lowest BCUT2D eigenvalue weighted by molar-refractivity contribution is 0.460. The quantitative estimate of drug-likeness (QED) is 0.695.